The lowest BCUT2D eigenvalue weighted by molar-refractivity contribution is -0.109. The second kappa shape index (κ2) is 6.09. The van der Waals surface area contributed by atoms with Crippen LogP contribution in [0, 0.1) is 11.8 Å². The Hall–Kier alpha value is -1.60. The second-order valence-electron chi connectivity index (χ2n) is 3.04. The molecule has 0 unspecified atom stereocenters. The molecule has 1 rings (SSSR count). The topological polar surface area (TPSA) is 52.3 Å². The summed E-state index contributed by atoms with van der Waals surface area (Å²) in [6.45, 7) is 1.52. The quantitative estimate of drug-likeness (QED) is 0.628. The Balaban J connectivity index is 2.76. The predicted molar refractivity (Wildman–Crippen MR) is 67.4 cm³/mol. The third-order valence-electron chi connectivity index (χ3n) is 1.80. The summed E-state index contributed by atoms with van der Waals surface area (Å²) in [6, 6.07) is 5.30. The number of carbonyl (C=O) groups excluding carboxylic acids is 1. The maximum atomic E-state index is 10.7. The first-order valence-electron chi connectivity index (χ1n) is 4.69. The average molecular weight is 235 g/mol. The van der Waals surface area contributed by atoms with Gasteiger partial charge in [0.05, 0.1) is 18.4 Å². The Morgan fingerprint density at radius 3 is 2.94 bits per heavy atom. The maximum absolute atomic E-state index is 10.7. The number of ether oxygens (including phenoxy) is 1. The van der Waals surface area contributed by atoms with Crippen molar-refractivity contribution in [3.63, 3.8) is 0 Å². The van der Waals surface area contributed by atoms with Gasteiger partial charge in [0.1, 0.15) is 5.75 Å². The number of anilines is 1. The van der Waals surface area contributed by atoms with Crippen LogP contribution in [0.2, 0.25) is 0 Å². The standard InChI is InChI=1S/C12H13NO2S/c1-9(14)16-7-3-4-10-5-6-11(13)8-12(10)15-2/h5-6,8H,7,13H2,1-2H3. The summed E-state index contributed by atoms with van der Waals surface area (Å²) in [5, 5.41) is 0.0681. The Morgan fingerprint density at radius 2 is 2.31 bits per heavy atom. The van der Waals surface area contributed by atoms with Crippen molar-refractivity contribution in [1.82, 2.24) is 0 Å². The number of rotatable bonds is 2. The van der Waals surface area contributed by atoms with Crippen molar-refractivity contribution >= 4 is 22.6 Å². The Kier molecular flexibility index (Phi) is 4.74. The van der Waals surface area contributed by atoms with E-state index in [1.54, 1.807) is 25.3 Å². The van der Waals surface area contributed by atoms with Crippen LogP contribution >= 0.6 is 11.8 Å². The van der Waals surface area contributed by atoms with Crippen molar-refractivity contribution in [2.75, 3.05) is 18.6 Å². The van der Waals surface area contributed by atoms with Crippen LogP contribution in [0.4, 0.5) is 5.69 Å². The summed E-state index contributed by atoms with van der Waals surface area (Å²) < 4.78 is 5.15. The molecule has 0 radical (unpaired) electrons. The number of hydrogen-bond acceptors (Lipinski definition) is 4. The molecule has 0 aliphatic rings. The van der Waals surface area contributed by atoms with Crippen molar-refractivity contribution in [3.05, 3.63) is 23.8 Å². The molecule has 1 aromatic rings. The third kappa shape index (κ3) is 3.87. The number of methoxy groups -OCH3 is 1. The molecule has 4 heteroatoms. The van der Waals surface area contributed by atoms with Crippen LogP contribution in [-0.2, 0) is 4.79 Å². The SMILES string of the molecule is COc1cc(N)ccc1C#CCSC(C)=O. The minimum Gasteiger partial charge on any atom is -0.495 e. The molecule has 0 aliphatic heterocycles. The first kappa shape index (κ1) is 12.5. The van der Waals surface area contributed by atoms with Crippen LogP contribution in [0.3, 0.4) is 0 Å². The molecule has 0 heterocycles. The van der Waals surface area contributed by atoms with Crippen molar-refractivity contribution < 1.29 is 9.53 Å². The molecule has 16 heavy (non-hydrogen) atoms. The zero-order valence-electron chi connectivity index (χ0n) is 9.24. The van der Waals surface area contributed by atoms with Gasteiger partial charge in [-0.1, -0.05) is 23.6 Å². The zero-order chi connectivity index (χ0) is 12.0. The summed E-state index contributed by atoms with van der Waals surface area (Å²) >= 11 is 1.19. The van der Waals surface area contributed by atoms with Crippen LogP contribution in [0.5, 0.6) is 5.75 Å². The van der Waals surface area contributed by atoms with E-state index in [1.165, 1.54) is 18.7 Å². The fourth-order valence-electron chi connectivity index (χ4n) is 1.08. The van der Waals surface area contributed by atoms with Crippen LogP contribution in [0.15, 0.2) is 18.2 Å². The van der Waals surface area contributed by atoms with E-state index in [1.807, 2.05) is 0 Å². The van der Waals surface area contributed by atoms with Crippen LogP contribution in [0.1, 0.15) is 12.5 Å². The van der Waals surface area contributed by atoms with Gasteiger partial charge in [-0.15, -0.1) is 0 Å². The van der Waals surface area contributed by atoms with Gasteiger partial charge in [0, 0.05) is 18.7 Å². The summed E-state index contributed by atoms with van der Waals surface area (Å²) in [4.78, 5) is 10.7. The summed E-state index contributed by atoms with van der Waals surface area (Å²) in [7, 11) is 1.57. The highest BCUT2D eigenvalue weighted by Gasteiger charge is 1.99. The number of nitrogen functional groups attached to an aromatic ring is 1. The molecule has 0 amide bonds. The molecule has 0 aliphatic carbocycles. The van der Waals surface area contributed by atoms with E-state index in [4.69, 9.17) is 10.5 Å². The van der Waals surface area contributed by atoms with E-state index < -0.39 is 0 Å². The fraction of sp³-hybridized carbons (Fsp3) is 0.250. The van der Waals surface area contributed by atoms with E-state index in [0.29, 0.717) is 17.2 Å². The molecule has 0 saturated carbocycles. The van der Waals surface area contributed by atoms with E-state index in [9.17, 15) is 4.79 Å². The molecular weight excluding hydrogens is 222 g/mol. The smallest absolute Gasteiger partial charge is 0.186 e. The first-order chi connectivity index (χ1) is 7.63. The molecule has 0 saturated heterocycles. The lowest BCUT2D eigenvalue weighted by Crippen LogP contribution is -1.91. The molecular formula is C12H13NO2S. The van der Waals surface area contributed by atoms with Crippen molar-refractivity contribution in [2.45, 2.75) is 6.92 Å². The van der Waals surface area contributed by atoms with Gasteiger partial charge < -0.3 is 10.5 Å². The largest absolute Gasteiger partial charge is 0.495 e. The van der Waals surface area contributed by atoms with Gasteiger partial charge in [0.2, 0.25) is 0 Å². The summed E-state index contributed by atoms with van der Waals surface area (Å²) in [6.07, 6.45) is 0. The summed E-state index contributed by atoms with van der Waals surface area (Å²) in [5.41, 5.74) is 7.04. The zero-order valence-corrected chi connectivity index (χ0v) is 10.1. The number of carbonyl (C=O) groups is 1. The molecule has 84 valence electrons. The lowest BCUT2D eigenvalue weighted by atomic mass is 10.2. The Morgan fingerprint density at radius 1 is 1.56 bits per heavy atom. The van der Waals surface area contributed by atoms with E-state index in [-0.39, 0.29) is 5.12 Å². The second-order valence-corrected chi connectivity index (χ2v) is 4.19. The highest BCUT2D eigenvalue weighted by atomic mass is 32.2. The molecule has 2 N–H and O–H groups in total. The Bertz CT molecular complexity index is 446. The van der Waals surface area contributed by atoms with Gasteiger partial charge in [-0.05, 0) is 12.1 Å². The van der Waals surface area contributed by atoms with Crippen LogP contribution in [-0.4, -0.2) is 18.0 Å². The molecule has 0 aromatic heterocycles. The van der Waals surface area contributed by atoms with Gasteiger partial charge in [-0.25, -0.2) is 0 Å². The number of hydrogen-bond donors (Lipinski definition) is 1. The highest BCUT2D eigenvalue weighted by molar-refractivity contribution is 8.13. The minimum atomic E-state index is 0.0681. The van der Waals surface area contributed by atoms with Gasteiger partial charge >= 0.3 is 0 Å². The summed E-state index contributed by atoms with van der Waals surface area (Å²) in [5.74, 6) is 6.98. The lowest BCUT2D eigenvalue weighted by Gasteiger charge is -2.03. The van der Waals surface area contributed by atoms with Gasteiger partial charge in [-0.2, -0.15) is 0 Å². The van der Waals surface area contributed by atoms with Crippen molar-refractivity contribution in [2.24, 2.45) is 0 Å². The average Bonchev–Trinajstić information content (AvgIpc) is 2.25. The van der Waals surface area contributed by atoms with E-state index >= 15 is 0 Å². The van der Waals surface area contributed by atoms with Gasteiger partial charge in [0.15, 0.2) is 5.12 Å². The number of nitrogens with two attached hydrogens (primary N) is 1. The molecule has 0 spiro atoms. The van der Waals surface area contributed by atoms with E-state index in [0.717, 1.165) is 5.56 Å². The van der Waals surface area contributed by atoms with Gasteiger partial charge in [-0.3, -0.25) is 4.79 Å². The van der Waals surface area contributed by atoms with Gasteiger partial charge in [0.25, 0.3) is 0 Å². The third-order valence-corrected chi connectivity index (χ3v) is 2.49. The first-order valence-corrected chi connectivity index (χ1v) is 5.68. The van der Waals surface area contributed by atoms with Crippen LogP contribution in [0.25, 0.3) is 0 Å². The normalized spacial score (nSPS) is 9.12. The number of benzene rings is 1. The molecule has 0 bridgehead atoms. The van der Waals surface area contributed by atoms with E-state index in [2.05, 4.69) is 11.8 Å². The monoisotopic (exact) mass is 235 g/mol. The molecule has 0 fully saturated rings. The minimum absolute atomic E-state index is 0.0681. The fourth-order valence-corrected chi connectivity index (χ4v) is 1.43. The van der Waals surface area contributed by atoms with Crippen LogP contribution < -0.4 is 10.5 Å². The highest BCUT2D eigenvalue weighted by Crippen LogP contribution is 2.20. The molecule has 0 atom stereocenters. The number of thioether (sulfide) groups is 1. The Labute approximate surface area is 99.4 Å². The molecule has 1 aromatic carbocycles. The molecule has 3 nitrogen and oxygen atoms in total. The maximum Gasteiger partial charge on any atom is 0.186 e. The van der Waals surface area contributed by atoms with Crippen molar-refractivity contribution in [3.8, 4) is 17.6 Å². The predicted octanol–water partition coefficient (Wildman–Crippen LogP) is 1.91. The van der Waals surface area contributed by atoms with Crippen molar-refractivity contribution in [1.29, 1.82) is 0 Å².